The number of ether oxygens (including phenoxy) is 19. The second-order valence-corrected chi connectivity index (χ2v) is 21.4. The van der Waals surface area contributed by atoms with Crippen molar-refractivity contribution < 1.29 is 95.1 Å². The average Bonchev–Trinajstić information content (AvgIpc) is 4.30. The van der Waals surface area contributed by atoms with Crippen molar-refractivity contribution in [1.29, 1.82) is 0 Å². The summed E-state index contributed by atoms with van der Waals surface area (Å²) in [5.74, 6) is 0. The summed E-state index contributed by atoms with van der Waals surface area (Å²) in [7, 11) is 0. The molecule has 10 saturated heterocycles. The Balaban J connectivity index is 0.826. The van der Waals surface area contributed by atoms with E-state index >= 15 is 0 Å². The van der Waals surface area contributed by atoms with Crippen LogP contribution in [-0.4, -0.2) is 323 Å². The van der Waals surface area contributed by atoms with Crippen molar-refractivity contribution in [2.24, 2.45) is 28.7 Å². The number of nitrogens with two attached hydrogens (primary N) is 5. The number of nitrogens with one attached hydrogen (secondary N) is 5. The molecule has 0 aromatic heterocycles. The summed E-state index contributed by atoms with van der Waals surface area (Å²) in [6.45, 7) is 11.5. The summed E-state index contributed by atoms with van der Waals surface area (Å²) in [4.78, 5) is 0. The second-order valence-electron chi connectivity index (χ2n) is 21.4. The third-order valence-electron chi connectivity index (χ3n) is 15.9. The third kappa shape index (κ3) is 15.0. The first-order valence-electron chi connectivity index (χ1n) is 29.2. The van der Waals surface area contributed by atoms with Crippen LogP contribution in [0.1, 0.15) is 0 Å². The first-order valence-corrected chi connectivity index (χ1v) is 29.2. The van der Waals surface area contributed by atoms with Gasteiger partial charge in [0.2, 0.25) is 0 Å². The molecule has 0 aliphatic carbocycles. The van der Waals surface area contributed by atoms with Crippen LogP contribution in [0.25, 0.3) is 0 Å². The summed E-state index contributed by atoms with van der Waals surface area (Å²) in [6, 6.07) is 0. The van der Waals surface area contributed by atoms with Crippen molar-refractivity contribution in [3.63, 3.8) is 0 Å². The zero-order chi connectivity index (χ0) is 55.2. The van der Waals surface area contributed by atoms with Crippen molar-refractivity contribution in [1.82, 2.24) is 26.6 Å². The molecule has 24 atom stereocenters. The van der Waals surface area contributed by atoms with E-state index in [0.717, 1.165) is 0 Å². The van der Waals surface area contributed by atoms with Crippen LogP contribution >= 0.6 is 0 Å². The molecule has 24 unspecified atom stereocenters. The molecule has 10 rings (SSSR count). The van der Waals surface area contributed by atoms with E-state index in [0.29, 0.717) is 131 Å². The summed E-state index contributed by atoms with van der Waals surface area (Å²) in [5, 5.41) is 27.4. The predicted octanol–water partition coefficient (Wildman–Crippen LogP) is -8.15. The van der Waals surface area contributed by atoms with Gasteiger partial charge in [0.05, 0.1) is 72.7 Å². The van der Waals surface area contributed by atoms with Gasteiger partial charge in [0.15, 0.2) is 25.2 Å². The molecule has 10 aliphatic heterocycles. The highest BCUT2D eigenvalue weighted by Gasteiger charge is 2.63. The van der Waals surface area contributed by atoms with E-state index in [-0.39, 0.29) is 58.0 Å². The molecule has 0 aromatic rings. The Morgan fingerprint density at radius 3 is 1.00 bits per heavy atom. The van der Waals surface area contributed by atoms with E-state index in [4.69, 9.17) is 119 Å². The minimum atomic E-state index is -0.957. The maximum Gasteiger partial charge on any atom is 0.187 e. The van der Waals surface area contributed by atoms with Crippen LogP contribution < -0.4 is 55.3 Å². The fourth-order valence-electron chi connectivity index (χ4n) is 12.1. The van der Waals surface area contributed by atoms with Gasteiger partial charge in [-0.1, -0.05) is 0 Å². The average molecular weight is 1150 g/mol. The molecule has 10 aliphatic rings. The van der Waals surface area contributed by atoms with Crippen LogP contribution in [0.15, 0.2) is 0 Å². The van der Waals surface area contributed by atoms with Gasteiger partial charge in [-0.2, -0.15) is 0 Å². The van der Waals surface area contributed by atoms with Gasteiger partial charge in [0.1, 0.15) is 122 Å². The van der Waals surface area contributed by atoms with E-state index in [2.05, 4.69) is 26.6 Å². The highest BCUT2D eigenvalue weighted by atomic mass is 16.8. The fourth-order valence-corrected chi connectivity index (χ4v) is 12.1. The van der Waals surface area contributed by atoms with Crippen molar-refractivity contribution >= 4 is 0 Å². The number of hydrogen-bond donors (Lipinski definition) is 11. The third-order valence-corrected chi connectivity index (χ3v) is 15.9. The zero-order valence-corrected chi connectivity index (χ0v) is 45.8. The Hall–Kier alpha value is -1.20. The minimum Gasteiger partial charge on any atom is -0.387 e. The van der Waals surface area contributed by atoms with E-state index in [1.165, 1.54) is 0 Å². The maximum absolute atomic E-state index is 11.0. The molecule has 462 valence electrons. The molecule has 0 radical (unpaired) electrons. The van der Waals surface area contributed by atoms with Gasteiger partial charge >= 0.3 is 0 Å². The van der Waals surface area contributed by atoms with Gasteiger partial charge in [0, 0.05) is 98.2 Å². The van der Waals surface area contributed by atoms with E-state index < -0.39 is 129 Å². The summed E-state index contributed by atoms with van der Waals surface area (Å²) in [6.07, 6.45) is -16.2. The van der Waals surface area contributed by atoms with Gasteiger partial charge < -0.3 is 150 Å². The topological polar surface area (TPSA) is 386 Å². The molecular weight excluding hydrogens is 1060 g/mol. The van der Waals surface area contributed by atoms with Crippen LogP contribution in [0.4, 0.5) is 0 Å². The fraction of sp³-hybridized carbons (Fsp3) is 1.00. The van der Waals surface area contributed by atoms with Crippen LogP contribution in [0.2, 0.25) is 0 Å². The maximum atomic E-state index is 11.0. The Morgan fingerprint density at radius 1 is 0.312 bits per heavy atom. The molecule has 80 heavy (non-hydrogen) atoms. The van der Waals surface area contributed by atoms with Crippen LogP contribution in [0, 0.1) is 0 Å². The molecule has 10 bridgehead atoms. The Kier molecular flexibility index (Phi) is 24.3. The number of fused-ring (bicyclic) bond motifs is 10. The molecule has 0 spiro atoms. The lowest BCUT2D eigenvalue weighted by molar-refractivity contribution is -0.360. The van der Waals surface area contributed by atoms with Crippen LogP contribution in [-0.2, 0) is 90.0 Å². The Morgan fingerprint density at radius 2 is 0.613 bits per heavy atom. The molecule has 0 saturated carbocycles. The molecule has 10 fully saturated rings. The lowest BCUT2D eigenvalue weighted by atomic mass is 9.98. The molecule has 0 amide bonds. The summed E-state index contributed by atoms with van der Waals surface area (Å²) >= 11 is 0. The molecule has 30 heteroatoms. The van der Waals surface area contributed by atoms with Crippen molar-refractivity contribution in [3.05, 3.63) is 0 Å². The normalized spacial score (nSPS) is 42.5. The van der Waals surface area contributed by atoms with E-state index in [1.54, 1.807) is 0 Å². The quantitative estimate of drug-likeness (QED) is 0.0256. The van der Waals surface area contributed by atoms with E-state index in [9.17, 15) is 5.11 Å². The van der Waals surface area contributed by atoms with Gasteiger partial charge in [-0.05, 0) is 0 Å². The van der Waals surface area contributed by atoms with Crippen molar-refractivity contribution in [2.45, 2.75) is 147 Å². The highest BCUT2D eigenvalue weighted by Crippen LogP contribution is 2.44. The predicted molar refractivity (Wildman–Crippen MR) is 277 cm³/mol. The smallest absolute Gasteiger partial charge is 0.187 e. The van der Waals surface area contributed by atoms with Crippen molar-refractivity contribution in [2.75, 3.05) is 171 Å². The molecular formula is C50H92N10O20. The lowest BCUT2D eigenvalue weighted by Crippen LogP contribution is -2.64. The first-order chi connectivity index (χ1) is 39.4. The standard InChI is InChI=1S/C50H92N10O20/c51-1-6-56-11-16-62-28-22-67-29-23-68-34(28)35(29)77-48-44(64-18-13-58-8-3-53)41-37(31(74-48)25-71-41)79-50-46(66-20-15-60-10-5-55)42-38(32(76-50)26-72-42)80-49-45(65-19-14-59-9-4-54)40-36(30(75-49)24-70-40)78-47-43(63-17-12-57-7-2-52)39-33(61)27(73-47)21-69-39/h27-50,56-61H,1-26,51-55H2. The lowest BCUT2D eigenvalue weighted by Gasteiger charge is -2.47. The van der Waals surface area contributed by atoms with Gasteiger partial charge in [-0.25, -0.2) is 0 Å². The second kappa shape index (κ2) is 31.4. The number of hydrogen-bond acceptors (Lipinski definition) is 30. The number of rotatable bonds is 38. The van der Waals surface area contributed by atoms with E-state index in [1.807, 2.05) is 0 Å². The summed E-state index contributed by atoms with van der Waals surface area (Å²) < 4.78 is 125. The Bertz CT molecular complexity index is 1800. The Labute approximate surface area is 467 Å². The van der Waals surface area contributed by atoms with Gasteiger partial charge in [-0.15, -0.1) is 0 Å². The van der Waals surface area contributed by atoms with Crippen LogP contribution in [0.3, 0.4) is 0 Å². The molecule has 30 nitrogen and oxygen atoms in total. The largest absolute Gasteiger partial charge is 0.387 e. The zero-order valence-electron chi connectivity index (χ0n) is 45.8. The molecule has 16 N–H and O–H groups in total. The highest BCUT2D eigenvalue weighted by molar-refractivity contribution is 5.05. The number of aliphatic hydroxyl groups excluding tert-OH is 1. The molecule has 10 heterocycles. The SMILES string of the molecule is NCCNCCOC1COC2COC1C2OC1OC2COC(C2OC2OC3COC(C3OC3OC4COC(C4OC4OC5COC(C5O)C4OCCNCCN)C3OCCNCCN)C2OCCNCCN)C1OCCNCCN. The van der Waals surface area contributed by atoms with Gasteiger partial charge in [0.25, 0.3) is 0 Å². The summed E-state index contributed by atoms with van der Waals surface area (Å²) in [5.41, 5.74) is 28.7. The first kappa shape index (κ1) is 61.9. The van der Waals surface area contributed by atoms with Gasteiger partial charge in [-0.3, -0.25) is 0 Å². The minimum absolute atomic E-state index is 0.181. The number of aliphatic hydroxyl groups is 1. The molecule has 0 aromatic carbocycles. The van der Waals surface area contributed by atoms with Crippen LogP contribution in [0.5, 0.6) is 0 Å². The van der Waals surface area contributed by atoms with Crippen molar-refractivity contribution in [3.8, 4) is 0 Å². The monoisotopic (exact) mass is 1150 g/mol.